The molecule has 0 saturated carbocycles. The van der Waals surface area contributed by atoms with Crippen molar-refractivity contribution >= 4 is 22.6 Å². The summed E-state index contributed by atoms with van der Waals surface area (Å²) in [5, 5.41) is 6.13. The molecule has 1 aromatic carbocycles. The molecule has 2 aromatic heterocycles. The van der Waals surface area contributed by atoms with Crippen LogP contribution in [0.2, 0.25) is 0 Å². The number of aryl methyl sites for hydroxylation is 1. The third-order valence-corrected chi connectivity index (χ3v) is 5.13. The number of hydrogen-bond donors (Lipinski definition) is 1. The van der Waals surface area contributed by atoms with E-state index < -0.39 is 12.5 Å². The van der Waals surface area contributed by atoms with E-state index in [0.29, 0.717) is 10.4 Å². The van der Waals surface area contributed by atoms with Gasteiger partial charge in [-0.3, -0.25) is 9.69 Å². The second-order valence-electron chi connectivity index (χ2n) is 7.02. The van der Waals surface area contributed by atoms with Crippen molar-refractivity contribution in [1.82, 2.24) is 24.2 Å². The monoisotopic (exact) mass is 388 g/mol. The molecule has 0 spiro atoms. The number of amides is 1. The maximum absolute atomic E-state index is 12.9. The third-order valence-electron chi connectivity index (χ3n) is 5.13. The van der Waals surface area contributed by atoms with Gasteiger partial charge in [0.25, 0.3) is 5.91 Å². The van der Waals surface area contributed by atoms with Gasteiger partial charge in [-0.2, -0.15) is 18.6 Å². The number of hydrogen-bond acceptors (Lipinski definition) is 4. The number of likely N-dealkylation sites (tertiary alicyclic amines) is 1. The number of rotatable bonds is 5. The van der Waals surface area contributed by atoms with Crippen molar-refractivity contribution in [2.24, 2.45) is 7.05 Å². The summed E-state index contributed by atoms with van der Waals surface area (Å²) >= 11 is 0. The van der Waals surface area contributed by atoms with Crippen molar-refractivity contribution in [2.75, 3.05) is 18.4 Å². The molecule has 3 heterocycles. The Balaban J connectivity index is 1.54. The Morgan fingerprint density at radius 1 is 1.21 bits per heavy atom. The van der Waals surface area contributed by atoms with Crippen molar-refractivity contribution in [3.8, 4) is 0 Å². The van der Waals surface area contributed by atoms with Gasteiger partial charge in [-0.25, -0.2) is 4.98 Å². The third kappa shape index (κ3) is 3.62. The topological polar surface area (TPSA) is 68.0 Å². The van der Waals surface area contributed by atoms with E-state index in [9.17, 15) is 13.6 Å². The molecule has 28 heavy (non-hydrogen) atoms. The quantitative estimate of drug-likeness (QED) is 0.727. The fourth-order valence-electron chi connectivity index (χ4n) is 3.63. The van der Waals surface area contributed by atoms with E-state index in [1.165, 1.54) is 31.5 Å². The Kier molecular flexibility index (Phi) is 5.08. The van der Waals surface area contributed by atoms with Gasteiger partial charge in [0.2, 0.25) is 0 Å². The van der Waals surface area contributed by atoms with E-state index in [4.69, 9.17) is 4.98 Å². The number of piperidine rings is 1. The molecule has 0 atom stereocenters. The minimum atomic E-state index is -2.87. The van der Waals surface area contributed by atoms with Crippen LogP contribution in [0.4, 0.5) is 14.5 Å². The number of imidazole rings is 1. The van der Waals surface area contributed by atoms with Crippen LogP contribution in [0.15, 0.2) is 30.5 Å². The van der Waals surface area contributed by atoms with Gasteiger partial charge in [0.1, 0.15) is 11.5 Å². The van der Waals surface area contributed by atoms with Crippen LogP contribution in [-0.4, -0.2) is 43.2 Å². The number of fused-ring (bicyclic) bond motifs is 1. The molecule has 1 amide bonds. The number of nitrogens with zero attached hydrogens (tertiary/aromatic N) is 5. The van der Waals surface area contributed by atoms with Crippen LogP contribution in [0, 0.1) is 0 Å². The van der Waals surface area contributed by atoms with E-state index in [1.54, 1.807) is 12.1 Å². The van der Waals surface area contributed by atoms with Gasteiger partial charge in [-0.15, -0.1) is 0 Å². The predicted octanol–water partition coefficient (Wildman–Crippen LogP) is 3.40. The molecule has 1 aliphatic heterocycles. The summed E-state index contributed by atoms with van der Waals surface area (Å²) in [5.74, 6) is 0.331. The van der Waals surface area contributed by atoms with E-state index >= 15 is 0 Å². The van der Waals surface area contributed by atoms with Gasteiger partial charge in [-0.05, 0) is 50.2 Å². The zero-order valence-corrected chi connectivity index (χ0v) is 15.6. The molecule has 1 saturated heterocycles. The minimum Gasteiger partial charge on any atom is -0.330 e. The first-order valence-corrected chi connectivity index (χ1v) is 9.33. The Bertz CT molecular complexity index is 990. The van der Waals surface area contributed by atoms with Crippen LogP contribution in [0.1, 0.15) is 42.1 Å². The van der Waals surface area contributed by atoms with Gasteiger partial charge < -0.3 is 9.88 Å². The van der Waals surface area contributed by atoms with Crippen LogP contribution >= 0.6 is 0 Å². The summed E-state index contributed by atoms with van der Waals surface area (Å²) in [4.78, 5) is 19.5. The second kappa shape index (κ2) is 7.67. The molecule has 1 aliphatic rings. The highest BCUT2D eigenvalue weighted by molar-refractivity contribution is 6.03. The number of nitrogens with one attached hydrogen (secondary N) is 1. The average Bonchev–Trinajstić information content (AvgIpc) is 3.28. The summed E-state index contributed by atoms with van der Waals surface area (Å²) in [5.41, 5.74) is 2.03. The maximum Gasteiger partial charge on any atom is 0.333 e. The summed E-state index contributed by atoms with van der Waals surface area (Å²) < 4.78 is 28.3. The lowest BCUT2D eigenvalue weighted by molar-refractivity contribution is 0.0520. The lowest BCUT2D eigenvalue weighted by Gasteiger charge is -2.25. The fourth-order valence-corrected chi connectivity index (χ4v) is 3.63. The highest BCUT2D eigenvalue weighted by Crippen LogP contribution is 2.22. The van der Waals surface area contributed by atoms with Gasteiger partial charge >= 0.3 is 6.55 Å². The highest BCUT2D eigenvalue weighted by Gasteiger charge is 2.19. The first kappa shape index (κ1) is 18.5. The highest BCUT2D eigenvalue weighted by atomic mass is 19.3. The molecular weight excluding hydrogens is 366 g/mol. The Hall–Kier alpha value is -2.81. The van der Waals surface area contributed by atoms with Crippen molar-refractivity contribution < 1.29 is 13.6 Å². The fraction of sp³-hybridized carbons (Fsp3) is 0.421. The summed E-state index contributed by atoms with van der Waals surface area (Å²) in [7, 11) is 1.98. The van der Waals surface area contributed by atoms with E-state index in [0.717, 1.165) is 36.5 Å². The normalized spacial score (nSPS) is 15.4. The summed E-state index contributed by atoms with van der Waals surface area (Å²) in [6.45, 7) is 0.0943. The average molecular weight is 388 g/mol. The summed E-state index contributed by atoms with van der Waals surface area (Å²) in [6, 6.07) is 6.64. The van der Waals surface area contributed by atoms with Crippen LogP contribution in [-0.2, 0) is 13.6 Å². The minimum absolute atomic E-state index is 0.193. The number of benzene rings is 1. The molecule has 7 nitrogen and oxygen atoms in total. The maximum atomic E-state index is 12.9. The molecule has 0 radical (unpaired) electrons. The molecule has 1 fully saturated rings. The zero-order chi connectivity index (χ0) is 19.7. The predicted molar refractivity (Wildman–Crippen MR) is 101 cm³/mol. The number of carbonyl (C=O) groups excluding carboxylic acids is 1. The first-order valence-electron chi connectivity index (χ1n) is 9.33. The van der Waals surface area contributed by atoms with Crippen LogP contribution in [0.3, 0.4) is 0 Å². The molecule has 1 N–H and O–H groups in total. The van der Waals surface area contributed by atoms with E-state index in [-0.39, 0.29) is 5.69 Å². The van der Waals surface area contributed by atoms with Gasteiger partial charge in [0.15, 0.2) is 0 Å². The molecule has 0 bridgehead atoms. The molecular formula is C19H22F2N6O. The lowest BCUT2D eigenvalue weighted by Crippen LogP contribution is -2.30. The Morgan fingerprint density at radius 3 is 2.75 bits per heavy atom. The molecule has 148 valence electrons. The van der Waals surface area contributed by atoms with Crippen LogP contribution < -0.4 is 5.32 Å². The Labute approximate surface area is 160 Å². The smallest absolute Gasteiger partial charge is 0.330 e. The van der Waals surface area contributed by atoms with Crippen LogP contribution in [0.5, 0.6) is 0 Å². The van der Waals surface area contributed by atoms with E-state index in [2.05, 4.69) is 19.9 Å². The molecule has 0 aliphatic carbocycles. The molecule has 3 aromatic rings. The van der Waals surface area contributed by atoms with Gasteiger partial charge in [0, 0.05) is 18.9 Å². The van der Waals surface area contributed by atoms with Crippen molar-refractivity contribution in [3.05, 3.63) is 42.0 Å². The number of carbonyl (C=O) groups is 1. The number of anilines is 1. The van der Waals surface area contributed by atoms with Crippen LogP contribution in [0.25, 0.3) is 11.0 Å². The first-order chi connectivity index (χ1) is 13.5. The number of alkyl halides is 2. The largest absolute Gasteiger partial charge is 0.333 e. The number of halogens is 2. The molecule has 4 rings (SSSR count). The van der Waals surface area contributed by atoms with Crippen molar-refractivity contribution in [2.45, 2.75) is 32.4 Å². The Morgan fingerprint density at radius 2 is 2.00 bits per heavy atom. The molecule has 9 heteroatoms. The second-order valence-corrected chi connectivity index (χ2v) is 7.02. The SMILES string of the molecule is Cn1c(CN2CCCCC2)nc2cc(NC(=O)c3ccnn3C(F)F)ccc21. The summed E-state index contributed by atoms with van der Waals surface area (Å²) in [6.07, 6.45) is 4.90. The van der Waals surface area contributed by atoms with Gasteiger partial charge in [-0.1, -0.05) is 6.42 Å². The lowest BCUT2D eigenvalue weighted by atomic mass is 10.1. The molecule has 0 unspecified atom stereocenters. The number of aromatic nitrogens is 4. The van der Waals surface area contributed by atoms with Crippen molar-refractivity contribution in [1.29, 1.82) is 0 Å². The van der Waals surface area contributed by atoms with Crippen molar-refractivity contribution in [3.63, 3.8) is 0 Å². The standard InChI is InChI=1S/C19H22F2N6O/c1-25-15-6-5-13(23-18(28)16-7-8-22-27(16)19(20)21)11-14(15)24-17(25)12-26-9-3-2-4-10-26/h5-8,11,19H,2-4,9-10,12H2,1H3,(H,23,28). The zero-order valence-electron chi connectivity index (χ0n) is 15.6. The van der Waals surface area contributed by atoms with E-state index in [1.807, 2.05) is 13.1 Å². The van der Waals surface area contributed by atoms with Gasteiger partial charge in [0.05, 0.1) is 17.6 Å².